The van der Waals surface area contributed by atoms with Gasteiger partial charge in [-0.2, -0.15) is 0 Å². The van der Waals surface area contributed by atoms with E-state index in [9.17, 15) is 9.59 Å². The van der Waals surface area contributed by atoms with Gasteiger partial charge in [0, 0.05) is 11.6 Å². The predicted molar refractivity (Wildman–Crippen MR) is 107 cm³/mol. The molecule has 27 heavy (non-hydrogen) atoms. The fourth-order valence-corrected chi connectivity index (χ4v) is 4.33. The summed E-state index contributed by atoms with van der Waals surface area (Å²) < 4.78 is 5.81. The number of thioether (sulfide) groups is 1. The number of likely N-dealkylation sites (tertiary alicyclic amines) is 1. The van der Waals surface area contributed by atoms with Crippen LogP contribution in [0.2, 0.25) is 5.02 Å². The summed E-state index contributed by atoms with van der Waals surface area (Å²) in [6.07, 6.45) is 5.07. The fourth-order valence-electron chi connectivity index (χ4n) is 3.29. The lowest BCUT2D eigenvalue weighted by atomic mass is 10.1. The summed E-state index contributed by atoms with van der Waals surface area (Å²) in [7, 11) is 0. The lowest BCUT2D eigenvalue weighted by molar-refractivity contribution is -0.124. The SMILES string of the molecule is O=C1SC(=Cc2ccc(-c3ccccc3Cl)o2)C(=O)N1CN1CCCCC1. The minimum atomic E-state index is -0.258. The minimum Gasteiger partial charge on any atom is -0.457 e. The first-order valence-corrected chi connectivity index (χ1v) is 10.1. The van der Waals surface area contributed by atoms with Gasteiger partial charge in [-0.15, -0.1) is 0 Å². The van der Waals surface area contributed by atoms with E-state index >= 15 is 0 Å². The summed E-state index contributed by atoms with van der Waals surface area (Å²) in [4.78, 5) is 28.8. The largest absolute Gasteiger partial charge is 0.457 e. The Morgan fingerprint density at radius 1 is 1.07 bits per heavy atom. The molecule has 0 unspecified atom stereocenters. The normalized spacial score (nSPS) is 20.0. The van der Waals surface area contributed by atoms with Crippen LogP contribution < -0.4 is 0 Å². The average Bonchev–Trinajstić information content (AvgIpc) is 3.23. The summed E-state index contributed by atoms with van der Waals surface area (Å²) in [5, 5.41) is 0.370. The van der Waals surface area contributed by atoms with Crippen molar-refractivity contribution in [3.8, 4) is 11.3 Å². The number of furan rings is 1. The molecular formula is C20H19ClN2O3S. The van der Waals surface area contributed by atoms with E-state index in [2.05, 4.69) is 4.90 Å². The number of rotatable bonds is 4. The highest BCUT2D eigenvalue weighted by atomic mass is 35.5. The number of nitrogens with zero attached hydrogens (tertiary/aromatic N) is 2. The molecule has 0 aliphatic carbocycles. The molecule has 0 N–H and O–H groups in total. The molecule has 2 aliphatic rings. The molecule has 2 amide bonds. The molecule has 4 rings (SSSR count). The molecule has 0 spiro atoms. The standard InChI is InChI=1S/C20H19ClN2O3S/c21-16-7-3-2-6-15(16)17-9-8-14(26-17)12-18-19(24)23(20(25)27-18)13-22-10-4-1-5-11-22/h2-3,6-9,12H,1,4-5,10-11,13H2. The van der Waals surface area contributed by atoms with Crippen LogP contribution >= 0.6 is 23.4 Å². The monoisotopic (exact) mass is 402 g/mol. The van der Waals surface area contributed by atoms with E-state index in [1.807, 2.05) is 24.3 Å². The van der Waals surface area contributed by atoms with Crippen LogP contribution in [0.5, 0.6) is 0 Å². The van der Waals surface area contributed by atoms with E-state index in [-0.39, 0.29) is 11.1 Å². The van der Waals surface area contributed by atoms with Crippen LogP contribution in [0.3, 0.4) is 0 Å². The number of benzene rings is 1. The highest BCUT2D eigenvalue weighted by molar-refractivity contribution is 8.18. The second kappa shape index (κ2) is 7.92. The van der Waals surface area contributed by atoms with Crippen LogP contribution in [0, 0.1) is 0 Å². The minimum absolute atomic E-state index is 0.227. The van der Waals surface area contributed by atoms with Crippen LogP contribution in [0.4, 0.5) is 4.79 Å². The summed E-state index contributed by atoms with van der Waals surface area (Å²) >= 11 is 7.16. The van der Waals surface area contributed by atoms with Crippen molar-refractivity contribution in [2.75, 3.05) is 19.8 Å². The van der Waals surface area contributed by atoms with Crippen LogP contribution in [0.15, 0.2) is 45.7 Å². The van der Waals surface area contributed by atoms with Crippen molar-refractivity contribution < 1.29 is 14.0 Å². The Morgan fingerprint density at radius 3 is 2.63 bits per heavy atom. The quantitative estimate of drug-likeness (QED) is 0.667. The van der Waals surface area contributed by atoms with Gasteiger partial charge in [0.2, 0.25) is 0 Å². The zero-order chi connectivity index (χ0) is 18.8. The van der Waals surface area contributed by atoms with Crippen molar-refractivity contribution in [2.24, 2.45) is 0 Å². The predicted octanol–water partition coefficient (Wildman–Crippen LogP) is 5.08. The van der Waals surface area contributed by atoms with Crippen LogP contribution in [0.1, 0.15) is 25.0 Å². The van der Waals surface area contributed by atoms with Crippen molar-refractivity contribution in [1.82, 2.24) is 9.80 Å². The smallest absolute Gasteiger partial charge is 0.294 e. The summed E-state index contributed by atoms with van der Waals surface area (Å²) in [6, 6.07) is 11.0. The Bertz CT molecular complexity index is 902. The molecule has 0 bridgehead atoms. The van der Waals surface area contributed by atoms with Gasteiger partial charge in [0.25, 0.3) is 11.1 Å². The van der Waals surface area contributed by atoms with Gasteiger partial charge >= 0.3 is 0 Å². The highest BCUT2D eigenvalue weighted by Gasteiger charge is 2.36. The lowest BCUT2D eigenvalue weighted by Crippen LogP contribution is -2.42. The maximum atomic E-state index is 12.7. The molecule has 1 aromatic heterocycles. The van der Waals surface area contributed by atoms with E-state index in [1.165, 1.54) is 11.3 Å². The summed E-state index contributed by atoms with van der Waals surface area (Å²) in [5.74, 6) is 0.888. The summed E-state index contributed by atoms with van der Waals surface area (Å²) in [5.41, 5.74) is 0.789. The Labute approximate surface area is 167 Å². The van der Waals surface area contributed by atoms with Gasteiger partial charge in [-0.25, -0.2) is 0 Å². The van der Waals surface area contributed by atoms with Gasteiger partial charge in [-0.1, -0.05) is 30.2 Å². The van der Waals surface area contributed by atoms with Crippen molar-refractivity contribution in [3.05, 3.63) is 52.1 Å². The van der Waals surface area contributed by atoms with Gasteiger partial charge in [-0.3, -0.25) is 19.4 Å². The molecule has 5 nitrogen and oxygen atoms in total. The van der Waals surface area contributed by atoms with Crippen molar-refractivity contribution in [2.45, 2.75) is 19.3 Å². The van der Waals surface area contributed by atoms with Gasteiger partial charge in [-0.05, 0) is 62.0 Å². The van der Waals surface area contributed by atoms with E-state index in [4.69, 9.17) is 16.0 Å². The number of hydrogen-bond donors (Lipinski definition) is 0. The molecule has 140 valence electrons. The second-order valence-corrected chi connectivity index (χ2v) is 8.01. The number of halogens is 1. The Morgan fingerprint density at radius 2 is 1.85 bits per heavy atom. The molecule has 0 saturated carbocycles. The van der Waals surface area contributed by atoms with Crippen LogP contribution in [-0.2, 0) is 4.79 Å². The third kappa shape index (κ3) is 3.98. The second-order valence-electron chi connectivity index (χ2n) is 6.61. The van der Waals surface area contributed by atoms with Crippen molar-refractivity contribution in [3.63, 3.8) is 0 Å². The van der Waals surface area contributed by atoms with Gasteiger partial charge in [0.05, 0.1) is 16.6 Å². The Hall–Kier alpha value is -2.02. The number of piperidine rings is 1. The zero-order valence-corrected chi connectivity index (χ0v) is 16.3. The number of imide groups is 1. The number of carbonyl (C=O) groups excluding carboxylic acids is 2. The molecule has 2 aliphatic heterocycles. The van der Waals surface area contributed by atoms with Gasteiger partial charge < -0.3 is 4.42 Å². The molecule has 7 heteroatoms. The van der Waals surface area contributed by atoms with E-state index < -0.39 is 0 Å². The molecule has 2 fully saturated rings. The van der Waals surface area contributed by atoms with E-state index in [1.54, 1.807) is 18.2 Å². The maximum Gasteiger partial charge on any atom is 0.294 e. The Balaban J connectivity index is 1.50. The van der Waals surface area contributed by atoms with E-state index in [0.29, 0.717) is 28.1 Å². The first-order valence-electron chi connectivity index (χ1n) is 8.94. The van der Waals surface area contributed by atoms with E-state index in [0.717, 1.165) is 43.3 Å². The molecule has 0 radical (unpaired) electrons. The Kier molecular flexibility index (Phi) is 5.38. The lowest BCUT2D eigenvalue weighted by Gasteiger charge is -2.29. The van der Waals surface area contributed by atoms with Gasteiger partial charge in [0.1, 0.15) is 11.5 Å². The molecule has 2 aromatic rings. The van der Waals surface area contributed by atoms with Gasteiger partial charge in [0.15, 0.2) is 0 Å². The molecule has 0 atom stereocenters. The summed E-state index contributed by atoms with van der Waals surface area (Å²) in [6.45, 7) is 2.23. The van der Waals surface area contributed by atoms with Crippen molar-refractivity contribution >= 4 is 40.6 Å². The third-order valence-corrected chi connectivity index (χ3v) is 5.94. The molecule has 2 saturated heterocycles. The number of carbonyl (C=O) groups is 2. The first kappa shape index (κ1) is 18.3. The molecule has 3 heterocycles. The first-order chi connectivity index (χ1) is 13.1. The van der Waals surface area contributed by atoms with Crippen molar-refractivity contribution in [1.29, 1.82) is 0 Å². The molecular weight excluding hydrogens is 384 g/mol. The zero-order valence-electron chi connectivity index (χ0n) is 14.7. The average molecular weight is 403 g/mol. The third-order valence-electron chi connectivity index (χ3n) is 4.70. The topological polar surface area (TPSA) is 53.8 Å². The van der Waals surface area contributed by atoms with Crippen LogP contribution in [0.25, 0.3) is 17.4 Å². The maximum absolute atomic E-state index is 12.7. The molecule has 1 aromatic carbocycles. The number of amides is 2. The van der Waals surface area contributed by atoms with Crippen LogP contribution in [-0.4, -0.2) is 40.7 Å². The number of hydrogen-bond acceptors (Lipinski definition) is 5. The highest BCUT2D eigenvalue weighted by Crippen LogP contribution is 2.34. The fraction of sp³-hybridized carbons (Fsp3) is 0.300.